The molecule has 0 bridgehead atoms. The van der Waals surface area contributed by atoms with Gasteiger partial charge >= 0.3 is 0 Å². The molecule has 0 radical (unpaired) electrons. The van der Waals surface area contributed by atoms with Gasteiger partial charge < -0.3 is 11.5 Å². The van der Waals surface area contributed by atoms with Crippen molar-refractivity contribution >= 4 is 17.2 Å². The molecule has 2 rings (SSSR count). The van der Waals surface area contributed by atoms with E-state index >= 15 is 0 Å². The quantitative estimate of drug-likeness (QED) is 0.626. The molecule has 18 heavy (non-hydrogen) atoms. The number of carbonyl (C=O) groups is 1. The summed E-state index contributed by atoms with van der Waals surface area (Å²) in [5.41, 5.74) is 15.8. The number of hydrogen-bond donors (Lipinski definition) is 2. The van der Waals surface area contributed by atoms with E-state index in [4.69, 9.17) is 11.5 Å². The largest absolute Gasteiger partial charge is 0.399 e. The van der Waals surface area contributed by atoms with E-state index in [0.29, 0.717) is 22.5 Å². The SMILES string of the molecule is Cc1cc(N)cc(C(=O)c2cc(C)cc(N)c2)c1. The fourth-order valence-electron chi connectivity index (χ4n) is 2.05. The van der Waals surface area contributed by atoms with Gasteiger partial charge in [-0.3, -0.25) is 4.79 Å². The standard InChI is InChI=1S/C15H16N2O/c1-9-3-11(7-13(16)5-9)15(18)12-4-10(2)6-14(17)8-12/h3-8H,16-17H2,1-2H3. The molecule has 2 aromatic rings. The lowest BCUT2D eigenvalue weighted by Crippen LogP contribution is -2.04. The van der Waals surface area contributed by atoms with Crippen molar-refractivity contribution < 1.29 is 4.79 Å². The Balaban J connectivity index is 2.47. The predicted octanol–water partition coefficient (Wildman–Crippen LogP) is 2.70. The van der Waals surface area contributed by atoms with Crippen LogP contribution in [0.15, 0.2) is 36.4 Å². The molecule has 4 N–H and O–H groups in total. The number of aryl methyl sites for hydroxylation is 2. The number of anilines is 2. The van der Waals surface area contributed by atoms with Crippen molar-refractivity contribution in [2.75, 3.05) is 11.5 Å². The monoisotopic (exact) mass is 240 g/mol. The third-order valence-electron chi connectivity index (χ3n) is 2.72. The van der Waals surface area contributed by atoms with E-state index in [0.717, 1.165) is 11.1 Å². The van der Waals surface area contributed by atoms with Gasteiger partial charge in [0.2, 0.25) is 0 Å². The van der Waals surface area contributed by atoms with Crippen molar-refractivity contribution in [3.63, 3.8) is 0 Å². The van der Waals surface area contributed by atoms with Gasteiger partial charge in [-0.2, -0.15) is 0 Å². The van der Waals surface area contributed by atoms with Gasteiger partial charge in [0.1, 0.15) is 0 Å². The van der Waals surface area contributed by atoms with Crippen LogP contribution in [0.25, 0.3) is 0 Å². The smallest absolute Gasteiger partial charge is 0.193 e. The first-order chi connectivity index (χ1) is 8.45. The Morgan fingerprint density at radius 1 is 0.778 bits per heavy atom. The number of hydrogen-bond acceptors (Lipinski definition) is 3. The van der Waals surface area contributed by atoms with Crippen LogP contribution < -0.4 is 11.5 Å². The Labute approximate surface area is 106 Å². The molecule has 0 atom stereocenters. The summed E-state index contributed by atoms with van der Waals surface area (Å²) < 4.78 is 0. The minimum absolute atomic E-state index is 0.0548. The van der Waals surface area contributed by atoms with E-state index in [1.54, 1.807) is 12.1 Å². The van der Waals surface area contributed by atoms with Crippen molar-refractivity contribution in [2.45, 2.75) is 13.8 Å². The zero-order valence-corrected chi connectivity index (χ0v) is 10.5. The van der Waals surface area contributed by atoms with Crippen LogP contribution >= 0.6 is 0 Å². The second-order valence-electron chi connectivity index (χ2n) is 4.59. The average molecular weight is 240 g/mol. The van der Waals surface area contributed by atoms with E-state index in [9.17, 15) is 4.79 Å². The van der Waals surface area contributed by atoms with Gasteiger partial charge in [0.15, 0.2) is 5.78 Å². The Hall–Kier alpha value is -2.29. The Bertz CT molecular complexity index is 524. The highest BCUT2D eigenvalue weighted by atomic mass is 16.1. The summed E-state index contributed by atoms with van der Waals surface area (Å²) in [6, 6.07) is 10.7. The topological polar surface area (TPSA) is 69.1 Å². The summed E-state index contributed by atoms with van der Waals surface area (Å²) in [4.78, 5) is 12.3. The molecule has 0 amide bonds. The summed E-state index contributed by atoms with van der Waals surface area (Å²) in [7, 11) is 0. The zero-order chi connectivity index (χ0) is 13.3. The zero-order valence-electron chi connectivity index (χ0n) is 10.5. The summed E-state index contributed by atoms with van der Waals surface area (Å²) in [5.74, 6) is -0.0548. The van der Waals surface area contributed by atoms with Gasteiger partial charge in [0.25, 0.3) is 0 Å². The van der Waals surface area contributed by atoms with Crippen LogP contribution in [-0.2, 0) is 0 Å². The second kappa shape index (κ2) is 4.53. The van der Waals surface area contributed by atoms with Crippen LogP contribution in [-0.4, -0.2) is 5.78 Å². The highest BCUT2D eigenvalue weighted by Gasteiger charge is 2.11. The highest BCUT2D eigenvalue weighted by Crippen LogP contribution is 2.18. The Morgan fingerprint density at radius 2 is 1.17 bits per heavy atom. The number of rotatable bonds is 2. The normalized spacial score (nSPS) is 10.3. The van der Waals surface area contributed by atoms with Gasteiger partial charge in [-0.25, -0.2) is 0 Å². The molecule has 0 aromatic heterocycles. The lowest BCUT2D eigenvalue weighted by molar-refractivity contribution is 0.103. The fraction of sp³-hybridized carbons (Fsp3) is 0.133. The van der Waals surface area contributed by atoms with Crippen molar-refractivity contribution in [3.8, 4) is 0 Å². The molecule has 2 aromatic carbocycles. The number of ketones is 1. The van der Waals surface area contributed by atoms with Crippen molar-refractivity contribution in [3.05, 3.63) is 58.7 Å². The van der Waals surface area contributed by atoms with Gasteiger partial charge in [0.05, 0.1) is 0 Å². The van der Waals surface area contributed by atoms with Crippen molar-refractivity contribution in [1.82, 2.24) is 0 Å². The third-order valence-corrected chi connectivity index (χ3v) is 2.72. The van der Waals surface area contributed by atoms with E-state index in [2.05, 4.69) is 0 Å². The molecule has 0 heterocycles. The first-order valence-electron chi connectivity index (χ1n) is 5.75. The third kappa shape index (κ3) is 2.51. The molecular weight excluding hydrogens is 224 g/mol. The fourth-order valence-corrected chi connectivity index (χ4v) is 2.05. The molecule has 3 nitrogen and oxygen atoms in total. The first-order valence-corrected chi connectivity index (χ1v) is 5.75. The molecule has 0 aliphatic rings. The lowest BCUT2D eigenvalue weighted by atomic mass is 9.99. The maximum atomic E-state index is 12.3. The molecule has 0 aliphatic heterocycles. The van der Waals surface area contributed by atoms with Crippen LogP contribution in [0.1, 0.15) is 27.0 Å². The number of carbonyl (C=O) groups excluding carboxylic acids is 1. The number of nitrogen functional groups attached to an aromatic ring is 2. The van der Waals surface area contributed by atoms with Crippen molar-refractivity contribution in [1.29, 1.82) is 0 Å². The van der Waals surface area contributed by atoms with Crippen LogP contribution in [0.3, 0.4) is 0 Å². The first kappa shape index (κ1) is 12.2. The van der Waals surface area contributed by atoms with Crippen LogP contribution in [0, 0.1) is 13.8 Å². The average Bonchev–Trinajstić information content (AvgIpc) is 2.25. The Kier molecular flexibility index (Phi) is 3.06. The van der Waals surface area contributed by atoms with E-state index in [-0.39, 0.29) is 5.78 Å². The van der Waals surface area contributed by atoms with Crippen LogP contribution in [0.2, 0.25) is 0 Å². The van der Waals surface area contributed by atoms with Gasteiger partial charge in [-0.1, -0.05) is 0 Å². The molecular formula is C15H16N2O. The van der Waals surface area contributed by atoms with Gasteiger partial charge in [0, 0.05) is 22.5 Å². The van der Waals surface area contributed by atoms with Crippen LogP contribution in [0.5, 0.6) is 0 Å². The van der Waals surface area contributed by atoms with E-state index in [1.165, 1.54) is 0 Å². The molecule has 0 fully saturated rings. The lowest BCUT2D eigenvalue weighted by Gasteiger charge is -2.06. The minimum Gasteiger partial charge on any atom is -0.399 e. The minimum atomic E-state index is -0.0548. The van der Waals surface area contributed by atoms with Gasteiger partial charge in [-0.15, -0.1) is 0 Å². The molecule has 0 unspecified atom stereocenters. The molecule has 0 saturated carbocycles. The maximum absolute atomic E-state index is 12.3. The van der Waals surface area contributed by atoms with E-state index < -0.39 is 0 Å². The number of benzene rings is 2. The second-order valence-corrected chi connectivity index (χ2v) is 4.59. The molecule has 0 spiro atoms. The number of nitrogens with two attached hydrogens (primary N) is 2. The summed E-state index contributed by atoms with van der Waals surface area (Å²) >= 11 is 0. The summed E-state index contributed by atoms with van der Waals surface area (Å²) in [6.07, 6.45) is 0. The maximum Gasteiger partial charge on any atom is 0.193 e. The summed E-state index contributed by atoms with van der Waals surface area (Å²) in [6.45, 7) is 3.83. The van der Waals surface area contributed by atoms with Gasteiger partial charge in [-0.05, 0) is 61.4 Å². The van der Waals surface area contributed by atoms with E-state index in [1.807, 2.05) is 38.1 Å². The van der Waals surface area contributed by atoms with Crippen LogP contribution in [0.4, 0.5) is 11.4 Å². The molecule has 0 aliphatic carbocycles. The predicted molar refractivity (Wildman–Crippen MR) is 74.6 cm³/mol. The molecule has 3 heteroatoms. The molecule has 92 valence electrons. The highest BCUT2D eigenvalue weighted by molar-refractivity contribution is 6.10. The Morgan fingerprint density at radius 3 is 1.50 bits per heavy atom. The molecule has 0 saturated heterocycles. The summed E-state index contributed by atoms with van der Waals surface area (Å²) in [5, 5.41) is 0. The van der Waals surface area contributed by atoms with Crippen molar-refractivity contribution in [2.24, 2.45) is 0 Å².